The number of carbonyl (C=O) groups is 1. The summed E-state index contributed by atoms with van der Waals surface area (Å²) >= 11 is 1.64. The van der Waals surface area contributed by atoms with E-state index in [2.05, 4.69) is 0 Å². The molecule has 0 aliphatic carbocycles. The Kier molecular flexibility index (Phi) is 2.61. The van der Waals surface area contributed by atoms with Gasteiger partial charge in [0.1, 0.15) is 0 Å². The third kappa shape index (κ3) is 1.69. The predicted octanol–water partition coefficient (Wildman–Crippen LogP) is 4.27. The van der Waals surface area contributed by atoms with Gasteiger partial charge in [-0.3, -0.25) is 0 Å². The number of hydrogen-bond donors (Lipinski definition) is 1. The average molecular weight is 254 g/mol. The van der Waals surface area contributed by atoms with Crippen LogP contribution in [0.3, 0.4) is 0 Å². The molecule has 1 N–H and O–H groups in total. The van der Waals surface area contributed by atoms with Crippen LogP contribution in [0.25, 0.3) is 21.2 Å². The number of aromatic carboxylic acids is 1. The van der Waals surface area contributed by atoms with Gasteiger partial charge in [0, 0.05) is 10.3 Å². The third-order valence-electron chi connectivity index (χ3n) is 2.93. The van der Waals surface area contributed by atoms with Crippen LogP contribution in [0.1, 0.15) is 10.4 Å². The summed E-state index contributed by atoms with van der Waals surface area (Å²) in [5, 5.41) is 12.4. The molecule has 0 saturated carbocycles. The molecule has 0 aliphatic heterocycles. The Hall–Kier alpha value is -2.13. The second-order valence-corrected chi connectivity index (χ2v) is 4.91. The molecule has 0 aliphatic rings. The van der Waals surface area contributed by atoms with Gasteiger partial charge >= 0.3 is 5.97 Å². The Bertz CT molecular complexity index is 728. The van der Waals surface area contributed by atoms with Crippen molar-refractivity contribution in [1.29, 1.82) is 0 Å². The number of thiophene rings is 1. The molecule has 2 nitrogen and oxygen atoms in total. The molecule has 0 spiro atoms. The minimum atomic E-state index is -0.890. The fraction of sp³-hybridized carbons (Fsp3) is 0. The van der Waals surface area contributed by atoms with E-state index in [1.807, 2.05) is 41.8 Å². The molecule has 3 rings (SSSR count). The molecular weight excluding hydrogens is 244 g/mol. The van der Waals surface area contributed by atoms with E-state index in [1.54, 1.807) is 23.5 Å². The van der Waals surface area contributed by atoms with Crippen LogP contribution < -0.4 is 0 Å². The van der Waals surface area contributed by atoms with E-state index in [-0.39, 0.29) is 0 Å². The Balaban J connectivity index is 2.33. The normalized spacial score (nSPS) is 10.7. The molecule has 3 heteroatoms. The van der Waals surface area contributed by atoms with Gasteiger partial charge < -0.3 is 5.11 Å². The molecule has 18 heavy (non-hydrogen) atoms. The highest BCUT2D eigenvalue weighted by molar-refractivity contribution is 7.17. The Morgan fingerprint density at radius 3 is 2.56 bits per heavy atom. The zero-order chi connectivity index (χ0) is 12.5. The van der Waals surface area contributed by atoms with E-state index in [9.17, 15) is 9.90 Å². The van der Waals surface area contributed by atoms with Crippen molar-refractivity contribution in [2.45, 2.75) is 0 Å². The minimum Gasteiger partial charge on any atom is -0.478 e. The highest BCUT2D eigenvalue weighted by Gasteiger charge is 2.13. The minimum absolute atomic E-state index is 0.346. The zero-order valence-corrected chi connectivity index (χ0v) is 10.3. The maximum atomic E-state index is 11.3. The molecule has 0 saturated heterocycles. The van der Waals surface area contributed by atoms with Crippen molar-refractivity contribution in [1.82, 2.24) is 0 Å². The molecule has 0 radical (unpaired) electrons. The van der Waals surface area contributed by atoms with E-state index in [0.717, 1.165) is 21.2 Å². The fourth-order valence-corrected chi connectivity index (χ4v) is 3.04. The monoisotopic (exact) mass is 254 g/mol. The van der Waals surface area contributed by atoms with Crippen LogP contribution in [0.15, 0.2) is 53.9 Å². The van der Waals surface area contributed by atoms with Crippen LogP contribution >= 0.6 is 11.3 Å². The lowest BCUT2D eigenvalue weighted by atomic mass is 9.99. The maximum Gasteiger partial charge on any atom is 0.336 e. The van der Waals surface area contributed by atoms with Gasteiger partial charge in [-0.2, -0.15) is 0 Å². The highest BCUT2D eigenvalue weighted by atomic mass is 32.1. The van der Waals surface area contributed by atoms with E-state index < -0.39 is 5.97 Å². The summed E-state index contributed by atoms with van der Waals surface area (Å²) in [6.07, 6.45) is 0. The summed E-state index contributed by atoms with van der Waals surface area (Å²) in [4.78, 5) is 11.3. The lowest BCUT2D eigenvalue weighted by Gasteiger charge is -2.07. The Labute approximate surface area is 108 Å². The van der Waals surface area contributed by atoms with Crippen LogP contribution in [0.4, 0.5) is 0 Å². The molecule has 0 bridgehead atoms. The van der Waals surface area contributed by atoms with Gasteiger partial charge in [-0.05, 0) is 28.5 Å². The lowest BCUT2D eigenvalue weighted by molar-refractivity contribution is 0.0698. The van der Waals surface area contributed by atoms with Crippen LogP contribution in [0.5, 0.6) is 0 Å². The first-order valence-corrected chi connectivity index (χ1v) is 6.44. The average Bonchev–Trinajstić information content (AvgIpc) is 2.86. The maximum absolute atomic E-state index is 11.3. The SMILES string of the molecule is O=C(O)c1ccccc1-c1cccc2ccsc12. The highest BCUT2D eigenvalue weighted by Crippen LogP contribution is 2.34. The summed E-state index contributed by atoms with van der Waals surface area (Å²) in [6.45, 7) is 0. The fourth-order valence-electron chi connectivity index (χ4n) is 2.11. The predicted molar refractivity (Wildman–Crippen MR) is 74.2 cm³/mol. The quantitative estimate of drug-likeness (QED) is 0.741. The van der Waals surface area contributed by atoms with Gasteiger partial charge in [-0.1, -0.05) is 36.4 Å². The molecule has 0 fully saturated rings. The summed E-state index contributed by atoms with van der Waals surface area (Å²) < 4.78 is 1.13. The number of hydrogen-bond acceptors (Lipinski definition) is 2. The lowest BCUT2D eigenvalue weighted by Crippen LogP contribution is -1.98. The number of benzene rings is 2. The van der Waals surface area contributed by atoms with E-state index in [4.69, 9.17) is 0 Å². The van der Waals surface area contributed by atoms with Gasteiger partial charge in [-0.15, -0.1) is 11.3 Å². The van der Waals surface area contributed by atoms with Crippen LogP contribution in [-0.4, -0.2) is 11.1 Å². The first-order chi connectivity index (χ1) is 8.77. The van der Waals surface area contributed by atoms with E-state index >= 15 is 0 Å². The van der Waals surface area contributed by atoms with E-state index in [1.165, 1.54) is 0 Å². The largest absolute Gasteiger partial charge is 0.478 e. The zero-order valence-electron chi connectivity index (χ0n) is 9.46. The second-order valence-electron chi connectivity index (χ2n) is 4.00. The van der Waals surface area contributed by atoms with Gasteiger partial charge in [-0.25, -0.2) is 4.79 Å². The van der Waals surface area contributed by atoms with Gasteiger partial charge in [0.25, 0.3) is 0 Å². The molecule has 1 heterocycles. The van der Waals surface area contributed by atoms with Crippen molar-refractivity contribution in [3.63, 3.8) is 0 Å². The van der Waals surface area contributed by atoms with Gasteiger partial charge in [0.2, 0.25) is 0 Å². The van der Waals surface area contributed by atoms with Gasteiger partial charge in [0.05, 0.1) is 5.56 Å². The third-order valence-corrected chi connectivity index (χ3v) is 3.89. The number of carboxylic acid groups (broad SMARTS) is 1. The first kappa shape index (κ1) is 11.0. The second kappa shape index (κ2) is 4.27. The van der Waals surface area contributed by atoms with Crippen molar-refractivity contribution in [3.05, 3.63) is 59.5 Å². The molecule has 2 aromatic carbocycles. The van der Waals surface area contributed by atoms with Crippen molar-refractivity contribution >= 4 is 27.4 Å². The van der Waals surface area contributed by atoms with Crippen molar-refractivity contribution in [2.75, 3.05) is 0 Å². The number of rotatable bonds is 2. The van der Waals surface area contributed by atoms with E-state index in [0.29, 0.717) is 5.56 Å². The summed E-state index contributed by atoms with van der Waals surface area (Å²) in [6, 6.07) is 15.1. The first-order valence-electron chi connectivity index (χ1n) is 5.56. The van der Waals surface area contributed by atoms with Crippen LogP contribution in [0, 0.1) is 0 Å². The van der Waals surface area contributed by atoms with Crippen LogP contribution in [-0.2, 0) is 0 Å². The molecule has 1 aromatic heterocycles. The molecule has 88 valence electrons. The number of fused-ring (bicyclic) bond motifs is 1. The molecule has 0 amide bonds. The smallest absolute Gasteiger partial charge is 0.336 e. The molecule has 0 atom stereocenters. The van der Waals surface area contributed by atoms with Crippen molar-refractivity contribution in [3.8, 4) is 11.1 Å². The summed E-state index contributed by atoms with van der Waals surface area (Å²) in [7, 11) is 0. The van der Waals surface area contributed by atoms with Crippen molar-refractivity contribution < 1.29 is 9.90 Å². The molecule has 3 aromatic rings. The van der Waals surface area contributed by atoms with Crippen LogP contribution in [0.2, 0.25) is 0 Å². The Morgan fingerprint density at radius 1 is 0.944 bits per heavy atom. The standard InChI is InChI=1S/C15H10O2S/c16-15(17)13-6-2-1-5-11(13)12-7-3-4-10-8-9-18-14(10)12/h1-9H,(H,16,17). The molecule has 0 unspecified atom stereocenters. The summed E-state index contributed by atoms with van der Waals surface area (Å²) in [5.74, 6) is -0.890. The summed E-state index contributed by atoms with van der Waals surface area (Å²) in [5.41, 5.74) is 2.11. The van der Waals surface area contributed by atoms with Gasteiger partial charge in [0.15, 0.2) is 0 Å². The molecular formula is C15H10O2S. The van der Waals surface area contributed by atoms with Crippen molar-refractivity contribution in [2.24, 2.45) is 0 Å². The Morgan fingerprint density at radius 2 is 1.72 bits per heavy atom. The number of carboxylic acids is 1. The topological polar surface area (TPSA) is 37.3 Å².